The lowest BCUT2D eigenvalue weighted by atomic mass is 9.59. The quantitative estimate of drug-likeness (QED) is 0.0454. The van der Waals surface area contributed by atoms with Crippen molar-refractivity contribution >= 4 is 50.2 Å². The number of ketones is 1. The van der Waals surface area contributed by atoms with Crippen molar-refractivity contribution in [2.75, 3.05) is 10.5 Å². The minimum absolute atomic E-state index is 0.00161. The zero-order chi connectivity index (χ0) is 53.6. The summed E-state index contributed by atoms with van der Waals surface area (Å²) in [5.74, 6) is -0.685. The highest BCUT2D eigenvalue weighted by Gasteiger charge is 2.50. The number of benzene rings is 2. The molecule has 73 heavy (non-hydrogen) atoms. The Labute approximate surface area is 433 Å². The second-order valence-electron chi connectivity index (χ2n) is 24.6. The second kappa shape index (κ2) is 20.9. The highest BCUT2D eigenvalue weighted by Crippen LogP contribution is 2.52. The van der Waals surface area contributed by atoms with Gasteiger partial charge < -0.3 is 20.1 Å². The molecule has 2 atom stereocenters. The highest BCUT2D eigenvalue weighted by atomic mass is 32.2. The molecule has 1 amide bonds. The number of nitrogens with zero attached hydrogens (tertiary/aromatic N) is 3. The highest BCUT2D eigenvalue weighted by molar-refractivity contribution is 7.92. The van der Waals surface area contributed by atoms with E-state index in [-0.39, 0.29) is 62.5 Å². The summed E-state index contributed by atoms with van der Waals surface area (Å²) in [6.07, 6.45) is 9.39. The first-order valence-electron chi connectivity index (χ1n) is 26.5. The molecule has 0 spiro atoms. The zero-order valence-corrected chi connectivity index (χ0v) is 46.6. The molecule has 4 aromatic rings. The Hall–Kier alpha value is -5.76. The molecule has 1 saturated carbocycles. The van der Waals surface area contributed by atoms with Crippen LogP contribution in [-0.2, 0) is 34.6 Å². The Bertz CT molecular complexity index is 2960. The van der Waals surface area contributed by atoms with E-state index in [1.165, 1.54) is 4.63 Å². The second-order valence-corrected chi connectivity index (χ2v) is 26.5. The van der Waals surface area contributed by atoms with Gasteiger partial charge in [0.2, 0.25) is 21.7 Å². The Morgan fingerprint density at radius 3 is 1.96 bits per heavy atom. The molecule has 394 valence electrons. The maximum atomic E-state index is 15.4. The average Bonchev–Trinajstić information content (AvgIpc) is 4.00. The predicted molar refractivity (Wildman–Crippen MR) is 292 cm³/mol. The van der Waals surface area contributed by atoms with Gasteiger partial charge in [-0.15, -0.1) is 9.73 Å². The third-order valence-electron chi connectivity index (χ3n) is 15.3. The molecule has 0 bridgehead atoms. The van der Waals surface area contributed by atoms with E-state index in [1.54, 1.807) is 30.3 Å². The van der Waals surface area contributed by atoms with Gasteiger partial charge in [-0.1, -0.05) is 159 Å². The molecule has 13 nitrogen and oxygen atoms in total. The number of aliphatic hydroxyl groups is 1. The van der Waals surface area contributed by atoms with Crippen LogP contribution in [0.3, 0.4) is 0 Å². The molecule has 2 unspecified atom stereocenters. The molecule has 0 radical (unpaired) electrons. The van der Waals surface area contributed by atoms with Gasteiger partial charge in [0.1, 0.15) is 11.9 Å². The van der Waals surface area contributed by atoms with Crippen LogP contribution < -0.4 is 10.0 Å². The van der Waals surface area contributed by atoms with Crippen molar-refractivity contribution in [3.05, 3.63) is 106 Å². The van der Waals surface area contributed by atoms with Crippen LogP contribution in [0.2, 0.25) is 0 Å². The van der Waals surface area contributed by atoms with Crippen molar-refractivity contribution in [1.82, 2.24) is 25.1 Å². The number of aromatic amines is 1. The summed E-state index contributed by atoms with van der Waals surface area (Å²) in [5, 5.41) is 25.2. The van der Waals surface area contributed by atoms with Gasteiger partial charge >= 0.3 is 5.97 Å². The molecule has 2 aromatic carbocycles. The number of carbonyl (C=O) groups is 3. The number of aliphatic hydroxyl groups excluding tert-OH is 1. The fourth-order valence-electron chi connectivity index (χ4n) is 10.6. The summed E-state index contributed by atoms with van der Waals surface area (Å²) in [5.41, 5.74) is 2.22. The van der Waals surface area contributed by atoms with E-state index in [9.17, 15) is 18.3 Å². The maximum absolute atomic E-state index is 15.4. The summed E-state index contributed by atoms with van der Waals surface area (Å²) in [4.78, 5) is 48.0. The fraction of sp³-hybridized carbons (Fsp3) is 0.542. The van der Waals surface area contributed by atoms with Crippen LogP contribution in [0.5, 0.6) is 0 Å². The van der Waals surface area contributed by atoms with Crippen molar-refractivity contribution in [2.24, 2.45) is 34.0 Å². The first-order chi connectivity index (χ1) is 34.1. The zero-order valence-electron chi connectivity index (χ0n) is 45.8. The van der Waals surface area contributed by atoms with E-state index in [4.69, 9.17) is 14.9 Å². The summed E-state index contributed by atoms with van der Waals surface area (Å²) in [6.45, 7) is 29.1. The van der Waals surface area contributed by atoms with Crippen LogP contribution in [0, 0.1) is 34.0 Å². The standard InChI is InChI=1S/C59H80N6O7S/c1-15-17-18-19-20-24-31-73(70,71)64-38-29-27-37(28-30-38)52-61-53-47(51(58(10,11)12)62-65(53)63-52)46-48(66)44(49(46)67)39-34-42(60-55(69)59(13,14)16-2)45(43(39)36-25-22-21-23-26-36)54(68)72-50-40(56(4,5)6)32-35(3)33-41(50)57(7,8)9/h21-23,25-30,34-35,40-41,50,64,66H,15-20,24,31-33H2,1-14H3,(H,60,69)(H,61,63)/b44-39-. The number of allylic oxidation sites excluding steroid dienone is 5. The number of sulfonamides is 1. The number of nitrogens with one attached hydrogen (secondary N) is 3. The van der Waals surface area contributed by atoms with Crippen LogP contribution >= 0.6 is 0 Å². The largest absolute Gasteiger partial charge is 0.506 e. The lowest BCUT2D eigenvalue weighted by Gasteiger charge is -2.50. The normalized spacial score (nSPS) is 21.2. The van der Waals surface area contributed by atoms with Crippen LogP contribution in [0.25, 0.3) is 28.2 Å². The first-order valence-corrected chi connectivity index (χ1v) is 28.1. The number of carbonyl (C=O) groups excluding carboxylic acids is 3. The average molecular weight is 1020 g/mol. The number of aromatic nitrogens is 4. The van der Waals surface area contributed by atoms with Gasteiger partial charge in [-0.05, 0) is 78.3 Å². The lowest BCUT2D eigenvalue weighted by Crippen LogP contribution is -2.49. The van der Waals surface area contributed by atoms with Crippen molar-refractivity contribution in [2.45, 2.75) is 166 Å². The number of ether oxygens (including phenoxy) is 1. The smallest absolute Gasteiger partial charge is 0.341 e. The molecule has 0 saturated heterocycles. The minimum atomic E-state index is -3.53. The number of anilines is 1. The number of unbranched alkanes of at least 4 members (excludes halogenated alkanes) is 5. The van der Waals surface area contributed by atoms with Crippen LogP contribution in [0.1, 0.15) is 172 Å². The van der Waals surface area contributed by atoms with Crippen LogP contribution in [0.4, 0.5) is 5.69 Å². The molecule has 3 aliphatic carbocycles. The van der Waals surface area contributed by atoms with Gasteiger partial charge in [0, 0.05) is 45.1 Å². The molecular formula is C59H80N6O7S. The third kappa shape index (κ3) is 11.6. The third-order valence-corrected chi connectivity index (χ3v) is 16.7. The Balaban J connectivity index is 1.33. The van der Waals surface area contributed by atoms with E-state index in [2.05, 4.69) is 70.4 Å². The van der Waals surface area contributed by atoms with Gasteiger partial charge in [0.15, 0.2) is 11.5 Å². The van der Waals surface area contributed by atoms with Crippen molar-refractivity contribution in [3.8, 4) is 11.4 Å². The molecule has 3 aliphatic rings. The number of amides is 1. The van der Waals surface area contributed by atoms with Gasteiger partial charge in [-0.3, -0.25) is 14.3 Å². The van der Waals surface area contributed by atoms with E-state index in [0.29, 0.717) is 69.4 Å². The summed E-state index contributed by atoms with van der Waals surface area (Å²) >= 11 is 0. The van der Waals surface area contributed by atoms with Gasteiger partial charge in [0.25, 0.3) is 0 Å². The number of fused-ring (bicyclic) bond motifs is 1. The van der Waals surface area contributed by atoms with Crippen molar-refractivity contribution in [3.63, 3.8) is 0 Å². The summed E-state index contributed by atoms with van der Waals surface area (Å²) in [7, 11) is -3.53. The van der Waals surface area contributed by atoms with Gasteiger partial charge in [0.05, 0.1) is 39.4 Å². The Kier molecular flexibility index (Phi) is 15.7. The number of Topliss-reactive ketones (excluding diaryl/α,β-unsaturated/α-hetero) is 1. The maximum Gasteiger partial charge on any atom is 0.341 e. The van der Waals surface area contributed by atoms with Crippen LogP contribution in [0.15, 0.2) is 88.8 Å². The Morgan fingerprint density at radius 1 is 0.795 bits per heavy atom. The molecule has 2 heterocycles. The van der Waals surface area contributed by atoms with Crippen molar-refractivity contribution in [1.29, 1.82) is 0 Å². The van der Waals surface area contributed by atoms with E-state index in [1.807, 2.05) is 71.9 Å². The number of esters is 1. The lowest BCUT2D eigenvalue weighted by molar-refractivity contribution is -0.164. The Morgan fingerprint density at radius 2 is 1.40 bits per heavy atom. The van der Waals surface area contributed by atoms with Gasteiger partial charge in [-0.25, -0.2) is 13.2 Å². The summed E-state index contributed by atoms with van der Waals surface area (Å²) in [6, 6.07) is 16.1. The number of hydrogen-bond donors (Lipinski definition) is 4. The molecule has 4 N–H and O–H groups in total. The predicted octanol–water partition coefficient (Wildman–Crippen LogP) is 12.8. The first kappa shape index (κ1) is 55.0. The van der Waals surface area contributed by atoms with E-state index >= 15 is 9.59 Å². The fourth-order valence-corrected chi connectivity index (χ4v) is 11.8. The molecule has 7 rings (SSSR count). The molecule has 0 aliphatic heterocycles. The monoisotopic (exact) mass is 1020 g/mol. The van der Waals surface area contributed by atoms with Crippen LogP contribution in [-0.4, -0.2) is 62.9 Å². The molecule has 1 fully saturated rings. The number of hydrogen-bond acceptors (Lipinski definition) is 9. The number of H-pyrrole nitrogens is 1. The van der Waals surface area contributed by atoms with Gasteiger partial charge in [-0.2, -0.15) is 5.10 Å². The molecule has 2 aromatic heterocycles. The SMILES string of the molecule is CCCCCCCCS(=O)(=O)Nc1ccc(-c2nn3nc(C(C)(C)C)c(C4=C(O)/C(=C5\C=C(NC(=O)C(C)(C)CC)C(C(=O)OC6C(C(C)(C)C)CC(C)CC6C(C)(C)C)=C5c5ccccc5)C4=O)c3[nH]2)cc1. The minimum Gasteiger partial charge on any atom is -0.506 e. The van der Waals surface area contributed by atoms with E-state index in [0.717, 1.165) is 44.9 Å². The topological polar surface area (TPSA) is 185 Å². The van der Waals surface area contributed by atoms with Crippen molar-refractivity contribution < 1.29 is 32.6 Å². The molecule has 14 heteroatoms. The molecular weight excluding hydrogens is 937 g/mol. The number of rotatable bonds is 17. The van der Waals surface area contributed by atoms with E-state index < -0.39 is 38.7 Å². The summed E-state index contributed by atoms with van der Waals surface area (Å²) < 4.78 is 36.8.